The highest BCUT2D eigenvalue weighted by Gasteiger charge is 2.28. The standard InChI is InChI=1S/C22H35N3O/c1-17(2)19(23)14-9-7-5-6-8-12-16-22(3,4)21(26)18-13-10-11-15-20(18)25-24/h7-13,15,17,19,25H,5-6,14,16,23-24H2,1-4H3. The molecule has 0 saturated carbocycles. The zero-order valence-electron chi connectivity index (χ0n) is 16.7. The largest absolute Gasteiger partial charge is 0.327 e. The Balaban J connectivity index is 2.46. The molecule has 0 spiro atoms. The molecule has 1 rings (SSSR count). The predicted octanol–water partition coefficient (Wildman–Crippen LogP) is 4.84. The number of carbonyl (C=O) groups is 1. The van der Waals surface area contributed by atoms with Crippen molar-refractivity contribution in [3.8, 4) is 0 Å². The van der Waals surface area contributed by atoms with Gasteiger partial charge < -0.3 is 11.2 Å². The van der Waals surface area contributed by atoms with Crippen molar-refractivity contribution >= 4 is 11.5 Å². The van der Waals surface area contributed by atoms with E-state index in [0.717, 1.165) is 19.3 Å². The van der Waals surface area contributed by atoms with Gasteiger partial charge in [0, 0.05) is 17.0 Å². The van der Waals surface area contributed by atoms with Crippen LogP contribution in [-0.4, -0.2) is 11.8 Å². The molecule has 1 atom stereocenters. The minimum absolute atomic E-state index is 0.0956. The number of nitrogens with one attached hydrogen (secondary N) is 1. The van der Waals surface area contributed by atoms with E-state index in [2.05, 4.69) is 43.6 Å². The molecule has 5 N–H and O–H groups in total. The summed E-state index contributed by atoms with van der Waals surface area (Å²) in [6.07, 6.45) is 12.2. The van der Waals surface area contributed by atoms with Crippen molar-refractivity contribution in [1.29, 1.82) is 0 Å². The first-order valence-electron chi connectivity index (χ1n) is 9.45. The molecule has 26 heavy (non-hydrogen) atoms. The van der Waals surface area contributed by atoms with E-state index in [1.807, 2.05) is 38.1 Å². The highest BCUT2D eigenvalue weighted by atomic mass is 16.1. The Hall–Kier alpha value is -1.91. The number of para-hydroxylation sites is 1. The van der Waals surface area contributed by atoms with E-state index in [4.69, 9.17) is 11.6 Å². The van der Waals surface area contributed by atoms with E-state index in [1.165, 1.54) is 0 Å². The number of nitrogens with two attached hydrogens (primary N) is 2. The van der Waals surface area contributed by atoms with Crippen molar-refractivity contribution in [2.75, 3.05) is 5.43 Å². The Morgan fingerprint density at radius 1 is 1.12 bits per heavy atom. The van der Waals surface area contributed by atoms with Crippen LogP contribution in [0.15, 0.2) is 48.6 Å². The van der Waals surface area contributed by atoms with Gasteiger partial charge >= 0.3 is 0 Å². The van der Waals surface area contributed by atoms with Gasteiger partial charge in [0.2, 0.25) is 0 Å². The fourth-order valence-corrected chi connectivity index (χ4v) is 2.60. The lowest BCUT2D eigenvalue weighted by Gasteiger charge is -2.22. The summed E-state index contributed by atoms with van der Waals surface area (Å²) in [5, 5.41) is 0. The highest BCUT2D eigenvalue weighted by molar-refractivity contribution is 6.04. The van der Waals surface area contributed by atoms with Crippen molar-refractivity contribution in [3.05, 3.63) is 54.1 Å². The molecule has 0 saturated heterocycles. The number of hydrogen-bond acceptors (Lipinski definition) is 4. The summed E-state index contributed by atoms with van der Waals surface area (Å²) < 4.78 is 0. The van der Waals surface area contributed by atoms with Gasteiger partial charge in [-0.2, -0.15) is 0 Å². The van der Waals surface area contributed by atoms with E-state index in [9.17, 15) is 4.79 Å². The van der Waals surface area contributed by atoms with E-state index in [-0.39, 0.29) is 11.8 Å². The SMILES string of the molecule is CC(C)C(N)CC=CCCC=CCC(C)(C)C(=O)c1ccccc1NN. The highest BCUT2D eigenvalue weighted by Crippen LogP contribution is 2.29. The number of hydrogen-bond donors (Lipinski definition) is 3. The third-order valence-corrected chi connectivity index (χ3v) is 4.67. The van der Waals surface area contributed by atoms with Crippen LogP contribution in [0.3, 0.4) is 0 Å². The number of ketones is 1. The third kappa shape index (κ3) is 7.14. The Labute approximate surface area is 158 Å². The molecule has 0 heterocycles. The van der Waals surface area contributed by atoms with E-state index in [0.29, 0.717) is 23.6 Å². The van der Waals surface area contributed by atoms with Gasteiger partial charge in [-0.15, -0.1) is 0 Å². The minimum atomic E-state index is -0.469. The van der Waals surface area contributed by atoms with E-state index >= 15 is 0 Å². The zero-order chi connectivity index (χ0) is 19.6. The van der Waals surface area contributed by atoms with E-state index < -0.39 is 5.41 Å². The van der Waals surface area contributed by atoms with Crippen molar-refractivity contribution in [1.82, 2.24) is 0 Å². The van der Waals surface area contributed by atoms with Crippen molar-refractivity contribution in [2.45, 2.75) is 59.4 Å². The zero-order valence-corrected chi connectivity index (χ0v) is 16.7. The molecule has 144 valence electrons. The normalized spacial score (nSPS) is 13.7. The number of nitrogen functional groups attached to an aromatic ring is 1. The van der Waals surface area contributed by atoms with Crippen molar-refractivity contribution in [3.63, 3.8) is 0 Å². The van der Waals surface area contributed by atoms with Crippen LogP contribution in [0.4, 0.5) is 5.69 Å². The summed E-state index contributed by atoms with van der Waals surface area (Å²) in [4.78, 5) is 12.8. The molecular formula is C22H35N3O. The lowest BCUT2D eigenvalue weighted by Crippen LogP contribution is -2.25. The van der Waals surface area contributed by atoms with Gasteiger partial charge in [-0.1, -0.05) is 64.1 Å². The molecule has 0 amide bonds. The lowest BCUT2D eigenvalue weighted by atomic mass is 9.80. The molecule has 0 aliphatic carbocycles. The van der Waals surface area contributed by atoms with Crippen LogP contribution in [0.25, 0.3) is 0 Å². The van der Waals surface area contributed by atoms with Crippen LogP contribution in [0.2, 0.25) is 0 Å². The second-order valence-corrected chi connectivity index (χ2v) is 7.77. The summed E-state index contributed by atoms with van der Waals surface area (Å²) in [5.74, 6) is 6.12. The fourth-order valence-electron chi connectivity index (χ4n) is 2.60. The van der Waals surface area contributed by atoms with Crippen LogP contribution >= 0.6 is 0 Å². The molecule has 0 aliphatic rings. The topological polar surface area (TPSA) is 81.1 Å². The monoisotopic (exact) mass is 357 g/mol. The smallest absolute Gasteiger partial charge is 0.170 e. The average molecular weight is 358 g/mol. The second kappa shape index (κ2) is 10.9. The molecule has 0 aromatic heterocycles. The Morgan fingerprint density at radius 2 is 1.73 bits per heavy atom. The minimum Gasteiger partial charge on any atom is -0.327 e. The van der Waals surface area contributed by atoms with Gasteiger partial charge in [-0.05, 0) is 43.7 Å². The number of carbonyl (C=O) groups excluding carboxylic acids is 1. The molecule has 4 heteroatoms. The van der Waals surface area contributed by atoms with Crippen LogP contribution in [0.5, 0.6) is 0 Å². The van der Waals surface area contributed by atoms with Crippen molar-refractivity contribution in [2.24, 2.45) is 22.9 Å². The summed E-state index contributed by atoms with van der Waals surface area (Å²) in [6, 6.07) is 7.59. The van der Waals surface area contributed by atoms with Gasteiger partial charge in [0.15, 0.2) is 5.78 Å². The van der Waals surface area contributed by atoms with Crippen LogP contribution < -0.4 is 17.0 Å². The first kappa shape index (κ1) is 22.1. The molecule has 4 nitrogen and oxygen atoms in total. The quantitative estimate of drug-likeness (QED) is 0.174. The first-order valence-corrected chi connectivity index (χ1v) is 9.45. The third-order valence-electron chi connectivity index (χ3n) is 4.67. The molecule has 0 aliphatic heterocycles. The van der Waals surface area contributed by atoms with E-state index in [1.54, 1.807) is 0 Å². The average Bonchev–Trinajstić information content (AvgIpc) is 2.62. The Morgan fingerprint density at radius 3 is 2.35 bits per heavy atom. The molecule has 1 unspecified atom stereocenters. The lowest BCUT2D eigenvalue weighted by molar-refractivity contribution is 0.0841. The van der Waals surface area contributed by atoms with Crippen LogP contribution in [0, 0.1) is 11.3 Å². The predicted molar refractivity (Wildman–Crippen MR) is 112 cm³/mol. The van der Waals surface area contributed by atoms with Crippen LogP contribution in [-0.2, 0) is 0 Å². The summed E-state index contributed by atoms with van der Waals surface area (Å²) >= 11 is 0. The summed E-state index contributed by atoms with van der Waals surface area (Å²) in [6.45, 7) is 8.24. The van der Waals surface area contributed by atoms with Crippen molar-refractivity contribution < 1.29 is 4.79 Å². The summed E-state index contributed by atoms with van der Waals surface area (Å²) in [7, 11) is 0. The van der Waals surface area contributed by atoms with Gasteiger partial charge in [0.25, 0.3) is 0 Å². The second-order valence-electron chi connectivity index (χ2n) is 7.77. The van der Waals surface area contributed by atoms with Gasteiger partial charge in [-0.3, -0.25) is 10.6 Å². The Kier molecular flexibility index (Phi) is 9.31. The Bertz CT molecular complexity index is 618. The number of hydrazine groups is 1. The maximum Gasteiger partial charge on any atom is 0.170 e. The molecular weight excluding hydrogens is 322 g/mol. The van der Waals surface area contributed by atoms with Gasteiger partial charge in [0.1, 0.15) is 0 Å². The fraction of sp³-hybridized carbons (Fsp3) is 0.500. The van der Waals surface area contributed by atoms with Gasteiger partial charge in [-0.25, -0.2) is 0 Å². The number of benzene rings is 1. The number of Topliss-reactive ketones (excluding diaryl/α,β-unsaturated/α-hetero) is 1. The molecule has 0 fully saturated rings. The van der Waals surface area contributed by atoms with Gasteiger partial charge in [0.05, 0.1) is 5.69 Å². The molecule has 0 radical (unpaired) electrons. The molecule has 0 bridgehead atoms. The number of anilines is 1. The maximum absolute atomic E-state index is 12.8. The number of allylic oxidation sites excluding steroid dienone is 3. The first-order chi connectivity index (χ1) is 12.3. The maximum atomic E-state index is 12.8. The van der Waals surface area contributed by atoms with Crippen LogP contribution in [0.1, 0.15) is 63.7 Å². The summed E-state index contributed by atoms with van der Waals surface area (Å²) in [5.41, 5.74) is 9.45. The number of unbranched alkanes of at least 4 members (excludes halogenated alkanes) is 1. The molecule has 1 aromatic rings. The number of rotatable bonds is 11. The molecule has 1 aromatic carbocycles.